The smallest absolute Gasteiger partial charge is 0.336 e. The lowest BCUT2D eigenvalue weighted by atomic mass is 9.80. The van der Waals surface area contributed by atoms with Crippen LogP contribution in [0.15, 0.2) is 46.8 Å². The van der Waals surface area contributed by atoms with Gasteiger partial charge in [-0.15, -0.1) is 0 Å². The number of dihydropyridines is 1. The van der Waals surface area contributed by atoms with Gasteiger partial charge in [0.05, 0.1) is 35.7 Å². The lowest BCUT2D eigenvalue weighted by molar-refractivity contribution is -0.384. The number of ether oxygens (including phenoxy) is 2. The first kappa shape index (κ1) is 23.3. The minimum atomic E-state index is -1.41. The molecule has 1 aromatic carbocycles. The zero-order valence-corrected chi connectivity index (χ0v) is 19.2. The van der Waals surface area contributed by atoms with Crippen LogP contribution in [0.25, 0.3) is 0 Å². The van der Waals surface area contributed by atoms with Crippen LogP contribution in [0, 0.1) is 10.1 Å². The Balaban J connectivity index is 2.53. The zero-order chi connectivity index (χ0) is 22.6. The van der Waals surface area contributed by atoms with Crippen molar-refractivity contribution in [1.82, 2.24) is 5.32 Å². The lowest BCUT2D eigenvalue weighted by Gasteiger charge is -2.30. The molecule has 30 heavy (non-hydrogen) atoms. The molecule has 1 aliphatic heterocycles. The number of rotatable bonds is 7. The first-order valence-electron chi connectivity index (χ1n) is 9.64. The van der Waals surface area contributed by atoms with Gasteiger partial charge in [0, 0.05) is 31.6 Å². The Bertz CT molecular complexity index is 930. The van der Waals surface area contributed by atoms with Gasteiger partial charge in [-0.1, -0.05) is 31.8 Å². The third-order valence-electron chi connectivity index (χ3n) is 4.89. The normalized spacial score (nSPS) is 16.8. The topological polar surface area (TPSA) is 108 Å². The quantitative estimate of drug-likeness (QED) is 0.301. The number of nitro benzene ring substituents is 1. The number of benzene rings is 1. The van der Waals surface area contributed by atoms with Crippen LogP contribution < -0.4 is 5.32 Å². The van der Waals surface area contributed by atoms with E-state index in [9.17, 15) is 19.7 Å². The molecule has 9 heteroatoms. The molecule has 162 valence electrons. The van der Waals surface area contributed by atoms with E-state index in [4.69, 9.17) is 9.47 Å². The summed E-state index contributed by atoms with van der Waals surface area (Å²) in [6, 6.07) is 6.72. The fraction of sp³-hybridized carbons (Fsp3) is 0.429. The number of methoxy groups -OCH3 is 1. The minimum absolute atomic E-state index is 0.128. The molecule has 0 aliphatic carbocycles. The SMILES string of the molecule is COC(=O)C1=C(C)NC(C)=C(C(=O)OCC[Si](C)(C)C)C1c1cccc([N+](=O)[O-])c1. The van der Waals surface area contributed by atoms with E-state index in [1.165, 1.54) is 25.3 Å². The van der Waals surface area contributed by atoms with E-state index in [0.717, 1.165) is 6.04 Å². The van der Waals surface area contributed by atoms with Gasteiger partial charge >= 0.3 is 11.9 Å². The number of esters is 2. The van der Waals surface area contributed by atoms with Gasteiger partial charge in [-0.3, -0.25) is 10.1 Å². The van der Waals surface area contributed by atoms with Crippen molar-refractivity contribution in [3.8, 4) is 0 Å². The highest BCUT2D eigenvalue weighted by atomic mass is 28.3. The first-order chi connectivity index (χ1) is 14.0. The highest BCUT2D eigenvalue weighted by Crippen LogP contribution is 2.40. The van der Waals surface area contributed by atoms with E-state index in [0.29, 0.717) is 17.0 Å². The minimum Gasteiger partial charge on any atom is -0.466 e. The summed E-state index contributed by atoms with van der Waals surface area (Å²) in [5, 5.41) is 14.3. The summed E-state index contributed by atoms with van der Waals surface area (Å²) in [6.45, 7) is 10.2. The molecule has 0 saturated heterocycles. The molecule has 1 unspecified atom stereocenters. The third-order valence-corrected chi connectivity index (χ3v) is 6.59. The van der Waals surface area contributed by atoms with Crippen LogP contribution in [0.5, 0.6) is 0 Å². The third kappa shape index (κ3) is 5.35. The Labute approximate surface area is 177 Å². The van der Waals surface area contributed by atoms with E-state index in [1.807, 2.05) is 0 Å². The Hall–Kier alpha value is -2.94. The number of hydrogen-bond acceptors (Lipinski definition) is 7. The second-order valence-electron chi connectivity index (χ2n) is 8.43. The molecule has 1 aromatic rings. The van der Waals surface area contributed by atoms with Crippen LogP contribution in [0.3, 0.4) is 0 Å². The summed E-state index contributed by atoms with van der Waals surface area (Å²) in [7, 11) is -0.153. The molecule has 0 radical (unpaired) electrons. The largest absolute Gasteiger partial charge is 0.466 e. The van der Waals surface area contributed by atoms with Crippen LogP contribution in [0.2, 0.25) is 25.7 Å². The van der Waals surface area contributed by atoms with Gasteiger partial charge in [-0.25, -0.2) is 9.59 Å². The molecule has 0 bridgehead atoms. The van der Waals surface area contributed by atoms with Gasteiger partial charge in [0.15, 0.2) is 0 Å². The molecular weight excluding hydrogens is 404 g/mol. The van der Waals surface area contributed by atoms with Crippen molar-refractivity contribution >= 4 is 25.7 Å². The van der Waals surface area contributed by atoms with Crippen molar-refractivity contribution in [2.45, 2.75) is 45.5 Å². The van der Waals surface area contributed by atoms with Gasteiger partial charge in [0.1, 0.15) is 0 Å². The standard InChI is InChI=1S/C21H28N2O6Si/c1-13-17(20(24)28-3)19(15-8-7-9-16(12-15)23(26)27)18(14(2)22-13)21(25)29-10-11-30(4,5)6/h7-9,12,19,22H,10-11H2,1-6H3. The Morgan fingerprint density at radius 3 is 2.27 bits per heavy atom. The molecule has 0 saturated carbocycles. The molecule has 0 fully saturated rings. The maximum absolute atomic E-state index is 13.0. The molecular formula is C21H28N2O6Si. The Kier molecular flexibility index (Phi) is 7.19. The number of allylic oxidation sites excluding steroid dienone is 2. The number of non-ortho nitro benzene ring substituents is 1. The maximum Gasteiger partial charge on any atom is 0.336 e. The summed E-state index contributed by atoms with van der Waals surface area (Å²) < 4.78 is 10.5. The summed E-state index contributed by atoms with van der Waals surface area (Å²) >= 11 is 0. The molecule has 1 atom stereocenters. The maximum atomic E-state index is 13.0. The Morgan fingerprint density at radius 1 is 1.13 bits per heavy atom. The van der Waals surface area contributed by atoms with Crippen LogP contribution in [0.1, 0.15) is 25.3 Å². The average Bonchev–Trinajstić information content (AvgIpc) is 2.65. The van der Waals surface area contributed by atoms with Crippen molar-refractivity contribution in [2.75, 3.05) is 13.7 Å². The van der Waals surface area contributed by atoms with Crippen molar-refractivity contribution in [3.05, 3.63) is 62.5 Å². The van der Waals surface area contributed by atoms with Gasteiger partial charge in [-0.2, -0.15) is 0 Å². The number of nitro groups is 1. The lowest BCUT2D eigenvalue weighted by Crippen LogP contribution is -2.33. The summed E-state index contributed by atoms with van der Waals surface area (Å²) in [5.74, 6) is -2.00. The van der Waals surface area contributed by atoms with Crippen LogP contribution >= 0.6 is 0 Å². The van der Waals surface area contributed by atoms with Crippen LogP contribution in [-0.2, 0) is 19.1 Å². The van der Waals surface area contributed by atoms with Crippen molar-refractivity contribution in [2.24, 2.45) is 0 Å². The second kappa shape index (κ2) is 9.25. The molecule has 1 aliphatic rings. The summed E-state index contributed by atoms with van der Waals surface area (Å²) in [4.78, 5) is 36.4. The van der Waals surface area contributed by atoms with Gasteiger partial charge < -0.3 is 14.8 Å². The van der Waals surface area contributed by atoms with Crippen LogP contribution in [-0.4, -0.2) is 38.7 Å². The number of nitrogens with zero attached hydrogens (tertiary/aromatic N) is 1. The van der Waals surface area contributed by atoms with Crippen molar-refractivity contribution < 1.29 is 24.0 Å². The summed E-state index contributed by atoms with van der Waals surface area (Å²) in [6.07, 6.45) is 0. The van der Waals surface area contributed by atoms with E-state index < -0.39 is 30.9 Å². The fourth-order valence-corrected chi connectivity index (χ4v) is 4.04. The number of hydrogen-bond donors (Lipinski definition) is 1. The molecule has 8 nitrogen and oxygen atoms in total. The van der Waals surface area contributed by atoms with Crippen molar-refractivity contribution in [3.63, 3.8) is 0 Å². The highest BCUT2D eigenvalue weighted by molar-refractivity contribution is 6.76. The van der Waals surface area contributed by atoms with Gasteiger partial charge in [0.25, 0.3) is 5.69 Å². The molecule has 1 N–H and O–H groups in total. The predicted molar refractivity (Wildman–Crippen MR) is 116 cm³/mol. The van der Waals surface area contributed by atoms with E-state index >= 15 is 0 Å². The second-order valence-corrected chi connectivity index (χ2v) is 14.0. The van der Waals surface area contributed by atoms with Gasteiger partial charge in [-0.05, 0) is 25.5 Å². The van der Waals surface area contributed by atoms with Crippen molar-refractivity contribution in [1.29, 1.82) is 0 Å². The van der Waals surface area contributed by atoms with E-state index in [-0.39, 0.29) is 23.4 Å². The fourth-order valence-electron chi connectivity index (χ4n) is 3.32. The molecule has 0 amide bonds. The van der Waals surface area contributed by atoms with E-state index in [2.05, 4.69) is 25.0 Å². The Morgan fingerprint density at radius 2 is 1.73 bits per heavy atom. The van der Waals surface area contributed by atoms with Crippen LogP contribution in [0.4, 0.5) is 5.69 Å². The molecule has 0 aromatic heterocycles. The molecule has 1 heterocycles. The average molecular weight is 433 g/mol. The highest BCUT2D eigenvalue weighted by Gasteiger charge is 2.38. The predicted octanol–water partition coefficient (Wildman–Crippen LogP) is 3.88. The number of carbonyl (C=O) groups excluding carboxylic acids is 2. The monoisotopic (exact) mass is 432 g/mol. The van der Waals surface area contributed by atoms with E-state index in [1.54, 1.807) is 19.9 Å². The molecule has 2 rings (SSSR count). The van der Waals surface area contributed by atoms with Gasteiger partial charge in [0.2, 0.25) is 0 Å². The first-order valence-corrected chi connectivity index (χ1v) is 13.4. The number of carbonyl (C=O) groups is 2. The molecule has 0 spiro atoms. The zero-order valence-electron chi connectivity index (χ0n) is 18.2. The summed E-state index contributed by atoms with van der Waals surface area (Å²) in [5.41, 5.74) is 1.85. The number of nitrogens with one attached hydrogen (secondary N) is 1.